The summed E-state index contributed by atoms with van der Waals surface area (Å²) >= 11 is 0. The van der Waals surface area contributed by atoms with Crippen LogP contribution < -0.4 is 14.5 Å². The van der Waals surface area contributed by atoms with Crippen molar-refractivity contribution in [1.29, 1.82) is 0 Å². The zero-order valence-corrected chi connectivity index (χ0v) is 17.9. The van der Waals surface area contributed by atoms with Crippen molar-refractivity contribution >= 4 is 33.2 Å². The molecule has 2 amide bonds. The second kappa shape index (κ2) is 7.85. The predicted molar refractivity (Wildman–Crippen MR) is 115 cm³/mol. The zero-order valence-electron chi connectivity index (χ0n) is 17.1. The lowest BCUT2D eigenvalue weighted by atomic mass is 10.1. The number of nitrogens with one attached hydrogen (secondary N) is 1. The van der Waals surface area contributed by atoms with E-state index >= 15 is 0 Å². The third kappa shape index (κ3) is 3.73. The highest BCUT2D eigenvalue weighted by molar-refractivity contribution is 7.89. The van der Waals surface area contributed by atoms with Gasteiger partial charge in [-0.05, 0) is 55.2 Å². The third-order valence-corrected chi connectivity index (χ3v) is 7.19. The Morgan fingerprint density at radius 3 is 2.63 bits per heavy atom. The van der Waals surface area contributed by atoms with E-state index < -0.39 is 10.0 Å². The number of rotatable bonds is 5. The molecule has 0 saturated heterocycles. The first kappa shape index (κ1) is 20.6. The van der Waals surface area contributed by atoms with E-state index in [1.165, 1.54) is 13.0 Å². The number of sulfonamides is 1. The van der Waals surface area contributed by atoms with Gasteiger partial charge in [0.1, 0.15) is 0 Å². The van der Waals surface area contributed by atoms with Crippen LogP contribution in [0.25, 0.3) is 0 Å². The van der Waals surface area contributed by atoms with Crippen molar-refractivity contribution in [1.82, 2.24) is 4.72 Å². The Labute approximate surface area is 176 Å². The Kier molecular flexibility index (Phi) is 5.38. The number of anilines is 2. The fourth-order valence-corrected chi connectivity index (χ4v) is 5.44. The number of benzene rings is 2. The fraction of sp³-hybridized carbons (Fsp3) is 0.364. The molecule has 1 N–H and O–H groups in total. The van der Waals surface area contributed by atoms with Crippen molar-refractivity contribution in [2.24, 2.45) is 0 Å². The van der Waals surface area contributed by atoms with E-state index in [1.54, 1.807) is 21.9 Å². The van der Waals surface area contributed by atoms with Crippen molar-refractivity contribution in [2.75, 3.05) is 22.9 Å². The standard InChI is InChI=1S/C22H25N3O4S/c1-15-13-18-14-19(7-8-21(18)25(15)16(2)26)30(28,29)23-11-9-22(27)24-12-10-17-5-3-4-6-20(17)24/h3-8,14-15,23H,9-13H2,1-2H3/t15-/m1/s1. The van der Waals surface area contributed by atoms with E-state index in [1.807, 2.05) is 31.2 Å². The molecule has 1 atom stereocenters. The predicted octanol–water partition coefficient (Wildman–Crippen LogP) is 2.24. The van der Waals surface area contributed by atoms with E-state index in [9.17, 15) is 18.0 Å². The van der Waals surface area contributed by atoms with Crippen molar-refractivity contribution < 1.29 is 18.0 Å². The van der Waals surface area contributed by atoms with Crippen molar-refractivity contribution in [2.45, 2.75) is 44.0 Å². The summed E-state index contributed by atoms with van der Waals surface area (Å²) in [5.41, 5.74) is 3.65. The summed E-state index contributed by atoms with van der Waals surface area (Å²) in [5.74, 6) is -0.153. The van der Waals surface area contributed by atoms with Crippen LogP contribution in [0.3, 0.4) is 0 Å². The van der Waals surface area contributed by atoms with Crippen LogP contribution in [0.2, 0.25) is 0 Å². The van der Waals surface area contributed by atoms with Gasteiger partial charge in [-0.1, -0.05) is 18.2 Å². The second-order valence-corrected chi connectivity index (χ2v) is 9.57. The van der Waals surface area contributed by atoms with Crippen molar-refractivity contribution in [3.8, 4) is 0 Å². The van der Waals surface area contributed by atoms with Crippen LogP contribution in [-0.4, -0.2) is 39.4 Å². The molecule has 7 nitrogen and oxygen atoms in total. The molecule has 2 aromatic rings. The van der Waals surface area contributed by atoms with Gasteiger partial charge in [0.2, 0.25) is 21.8 Å². The molecule has 30 heavy (non-hydrogen) atoms. The Morgan fingerprint density at radius 1 is 1.10 bits per heavy atom. The quantitative estimate of drug-likeness (QED) is 0.793. The number of nitrogens with zero attached hydrogens (tertiary/aromatic N) is 2. The minimum Gasteiger partial charge on any atom is -0.312 e. The van der Waals surface area contributed by atoms with Crippen LogP contribution in [0, 0.1) is 0 Å². The zero-order chi connectivity index (χ0) is 21.5. The molecule has 2 aliphatic rings. The Bertz CT molecular complexity index is 1110. The SMILES string of the molecule is CC(=O)N1c2ccc(S(=O)(=O)NCCC(=O)N3CCc4ccccc43)cc2C[C@H]1C. The lowest BCUT2D eigenvalue weighted by Gasteiger charge is -2.20. The number of para-hydroxylation sites is 1. The summed E-state index contributed by atoms with van der Waals surface area (Å²) in [6.07, 6.45) is 1.53. The number of hydrogen-bond acceptors (Lipinski definition) is 4. The molecule has 4 rings (SSSR count). The van der Waals surface area contributed by atoms with Crippen molar-refractivity contribution in [3.05, 3.63) is 53.6 Å². The van der Waals surface area contributed by atoms with Gasteiger partial charge in [0.25, 0.3) is 0 Å². The molecular formula is C22H25N3O4S. The first-order chi connectivity index (χ1) is 14.3. The van der Waals surface area contributed by atoms with Crippen LogP contribution in [0.5, 0.6) is 0 Å². The summed E-state index contributed by atoms with van der Waals surface area (Å²) in [4.78, 5) is 28.0. The number of fused-ring (bicyclic) bond motifs is 2. The number of amides is 2. The molecule has 0 saturated carbocycles. The molecule has 158 valence electrons. The maximum Gasteiger partial charge on any atom is 0.240 e. The molecule has 0 spiro atoms. The summed E-state index contributed by atoms with van der Waals surface area (Å²) in [6.45, 7) is 4.11. The van der Waals surface area contributed by atoms with Crippen LogP contribution in [-0.2, 0) is 32.5 Å². The summed E-state index contributed by atoms with van der Waals surface area (Å²) in [6, 6.07) is 12.6. The van der Waals surface area contributed by atoms with E-state index in [0.29, 0.717) is 13.0 Å². The van der Waals surface area contributed by atoms with Crippen molar-refractivity contribution in [3.63, 3.8) is 0 Å². The first-order valence-electron chi connectivity index (χ1n) is 10.1. The number of carbonyl (C=O) groups excluding carboxylic acids is 2. The van der Waals surface area contributed by atoms with E-state index in [0.717, 1.165) is 28.9 Å². The minimum absolute atomic E-state index is 0.00405. The lowest BCUT2D eigenvalue weighted by Crippen LogP contribution is -2.33. The Morgan fingerprint density at radius 2 is 1.87 bits per heavy atom. The molecule has 2 aliphatic heterocycles. The fourth-order valence-electron chi connectivity index (χ4n) is 4.36. The molecule has 8 heteroatoms. The number of hydrogen-bond donors (Lipinski definition) is 1. The summed E-state index contributed by atoms with van der Waals surface area (Å²) in [7, 11) is -3.74. The Balaban J connectivity index is 1.41. The molecular weight excluding hydrogens is 402 g/mol. The Hall–Kier alpha value is -2.71. The van der Waals surface area contributed by atoms with Gasteiger partial charge >= 0.3 is 0 Å². The van der Waals surface area contributed by atoms with Crippen LogP contribution in [0.4, 0.5) is 11.4 Å². The molecule has 0 fully saturated rings. The van der Waals surface area contributed by atoms with Gasteiger partial charge in [-0.2, -0.15) is 0 Å². The van der Waals surface area contributed by atoms with Crippen LogP contribution >= 0.6 is 0 Å². The largest absolute Gasteiger partial charge is 0.312 e. The molecule has 0 radical (unpaired) electrons. The maximum absolute atomic E-state index is 12.7. The molecule has 2 aromatic carbocycles. The molecule has 0 unspecified atom stereocenters. The van der Waals surface area contributed by atoms with Gasteiger partial charge in [0.15, 0.2) is 0 Å². The monoisotopic (exact) mass is 427 g/mol. The first-order valence-corrected chi connectivity index (χ1v) is 11.6. The highest BCUT2D eigenvalue weighted by Crippen LogP contribution is 2.34. The van der Waals surface area contributed by atoms with E-state index in [2.05, 4.69) is 4.72 Å². The normalized spacial score (nSPS) is 17.7. The van der Waals surface area contributed by atoms with Gasteiger partial charge in [0.05, 0.1) is 4.90 Å². The average Bonchev–Trinajstić information content (AvgIpc) is 3.27. The van der Waals surface area contributed by atoms with E-state index in [4.69, 9.17) is 0 Å². The van der Waals surface area contributed by atoms with Gasteiger partial charge < -0.3 is 9.80 Å². The summed E-state index contributed by atoms with van der Waals surface area (Å²) < 4.78 is 28.0. The van der Waals surface area contributed by atoms with E-state index in [-0.39, 0.29) is 35.7 Å². The van der Waals surface area contributed by atoms with Crippen LogP contribution in [0.15, 0.2) is 47.4 Å². The van der Waals surface area contributed by atoms with Gasteiger partial charge in [-0.3, -0.25) is 9.59 Å². The van der Waals surface area contributed by atoms with Crippen LogP contribution in [0.1, 0.15) is 31.4 Å². The van der Waals surface area contributed by atoms with Gasteiger partial charge in [-0.25, -0.2) is 13.1 Å². The highest BCUT2D eigenvalue weighted by Gasteiger charge is 2.30. The third-order valence-electron chi connectivity index (χ3n) is 5.74. The molecule has 0 aliphatic carbocycles. The summed E-state index contributed by atoms with van der Waals surface area (Å²) in [5, 5.41) is 0. The number of carbonyl (C=O) groups is 2. The van der Waals surface area contributed by atoms with Gasteiger partial charge in [-0.15, -0.1) is 0 Å². The minimum atomic E-state index is -3.74. The average molecular weight is 428 g/mol. The van der Waals surface area contributed by atoms with Gasteiger partial charge in [0, 0.05) is 43.9 Å². The molecule has 0 bridgehead atoms. The molecule has 0 aromatic heterocycles. The second-order valence-electron chi connectivity index (χ2n) is 7.80. The topological polar surface area (TPSA) is 86.8 Å². The maximum atomic E-state index is 12.7. The smallest absolute Gasteiger partial charge is 0.240 e. The lowest BCUT2D eigenvalue weighted by molar-refractivity contribution is -0.118. The molecule has 2 heterocycles. The highest BCUT2D eigenvalue weighted by atomic mass is 32.2.